The fourth-order valence-corrected chi connectivity index (χ4v) is 2.61. The second-order valence-corrected chi connectivity index (χ2v) is 5.07. The van der Waals surface area contributed by atoms with Gasteiger partial charge in [-0.2, -0.15) is 5.10 Å². The molecule has 0 N–H and O–H groups in total. The Hall–Kier alpha value is -1.96. The lowest BCUT2D eigenvalue weighted by atomic mass is 10.3. The number of nitrogens with zero attached hydrogens (tertiary/aromatic N) is 3. The fourth-order valence-electron chi connectivity index (χ4n) is 2.38. The molecule has 0 unspecified atom stereocenters. The lowest BCUT2D eigenvalue weighted by Crippen LogP contribution is -2.02. The van der Waals surface area contributed by atoms with Crippen LogP contribution in [0.3, 0.4) is 0 Å². The van der Waals surface area contributed by atoms with Crippen molar-refractivity contribution in [3.63, 3.8) is 0 Å². The first kappa shape index (κ1) is 14.0. The van der Waals surface area contributed by atoms with Crippen LogP contribution in [0, 0.1) is 0 Å². The van der Waals surface area contributed by atoms with Crippen LogP contribution in [0.25, 0.3) is 11.4 Å². The zero-order valence-electron chi connectivity index (χ0n) is 11.9. The normalized spacial score (nSPS) is 10.7. The number of hydrogen-bond acceptors (Lipinski definition) is 2. The summed E-state index contributed by atoms with van der Waals surface area (Å²) in [6.07, 6.45) is 6.05. The van der Waals surface area contributed by atoms with Crippen molar-refractivity contribution < 1.29 is 3.79 Å². The van der Waals surface area contributed by atoms with E-state index in [1.807, 2.05) is 58.0 Å². The smallest absolute Gasteiger partial charge is 0.483 e. The van der Waals surface area contributed by atoms with Crippen LogP contribution >= 0.6 is 0 Å². The fraction of sp³-hybridized carbons (Fsp3) is 0.188. The van der Waals surface area contributed by atoms with Gasteiger partial charge in [0.2, 0.25) is 0 Å². The molecule has 0 saturated heterocycles. The van der Waals surface area contributed by atoms with Crippen molar-refractivity contribution in [3.05, 3.63) is 60.6 Å². The van der Waals surface area contributed by atoms with E-state index in [9.17, 15) is 0 Å². The van der Waals surface area contributed by atoms with Gasteiger partial charge >= 0.3 is 16.6 Å². The predicted molar refractivity (Wildman–Crippen MR) is 83.3 cm³/mol. The Bertz CT molecular complexity index is 718. The third-order valence-electron chi connectivity index (χ3n) is 3.36. The van der Waals surface area contributed by atoms with Crippen LogP contribution in [0.15, 0.2) is 54.9 Å². The summed E-state index contributed by atoms with van der Waals surface area (Å²) < 4.78 is 9.38. The second kappa shape index (κ2) is 6.21. The molecule has 0 saturated carbocycles. The van der Waals surface area contributed by atoms with E-state index in [-0.39, 0.29) is 0 Å². The second-order valence-electron chi connectivity index (χ2n) is 4.83. The molecule has 2 radical (unpaired) electrons. The molecule has 0 atom stereocenters. The maximum Gasteiger partial charge on any atom is 0.483 e. The highest BCUT2D eigenvalue weighted by Crippen LogP contribution is 2.27. The molecule has 4 nitrogen and oxygen atoms in total. The summed E-state index contributed by atoms with van der Waals surface area (Å²) in [5, 5.41) is 4.60. The molecule has 0 fully saturated rings. The number of aromatic nitrogens is 3. The zero-order chi connectivity index (χ0) is 14.7. The Morgan fingerprint density at radius 2 is 1.90 bits per heavy atom. The van der Waals surface area contributed by atoms with Crippen molar-refractivity contribution in [2.24, 2.45) is 0 Å². The van der Waals surface area contributed by atoms with Crippen molar-refractivity contribution in [2.75, 3.05) is 0 Å². The average molecular weight is 293 g/mol. The van der Waals surface area contributed by atoms with E-state index >= 15 is 0 Å². The third-order valence-corrected chi connectivity index (χ3v) is 3.59. The van der Waals surface area contributed by atoms with Crippen molar-refractivity contribution in [1.29, 1.82) is 0 Å². The highest BCUT2D eigenvalue weighted by atomic mass is 27.1. The molecular formula is C16H16AlN3O. The van der Waals surface area contributed by atoms with Gasteiger partial charge in [-0.25, -0.2) is 4.68 Å². The van der Waals surface area contributed by atoms with Gasteiger partial charge in [-0.1, -0.05) is 31.5 Å². The third kappa shape index (κ3) is 2.76. The lowest BCUT2D eigenvalue weighted by molar-refractivity contribution is 0.564. The van der Waals surface area contributed by atoms with E-state index < -0.39 is 0 Å². The Balaban J connectivity index is 2.02. The highest BCUT2D eigenvalue weighted by Gasteiger charge is 2.12. The van der Waals surface area contributed by atoms with Gasteiger partial charge in [0.05, 0.1) is 5.69 Å². The van der Waals surface area contributed by atoms with Gasteiger partial charge in [0.15, 0.2) is 5.88 Å². The van der Waals surface area contributed by atoms with Gasteiger partial charge in [-0.15, -0.1) is 0 Å². The summed E-state index contributed by atoms with van der Waals surface area (Å²) in [5.74, 6) is 0.748. The molecule has 2 heterocycles. The minimum atomic E-state index is 0.748. The molecule has 2 aromatic heterocycles. The van der Waals surface area contributed by atoms with Gasteiger partial charge in [0, 0.05) is 18.1 Å². The number of rotatable bonds is 5. The van der Waals surface area contributed by atoms with E-state index in [4.69, 9.17) is 3.79 Å². The van der Waals surface area contributed by atoms with Crippen LogP contribution in [0.5, 0.6) is 5.88 Å². The van der Waals surface area contributed by atoms with E-state index in [1.54, 1.807) is 0 Å². The first-order valence-electron chi connectivity index (χ1n) is 7.02. The number of aryl methyl sites for hydroxylation is 1. The SMILES string of the molecule is CCCc1ccn(-c2ccn(-c3ccccc3)c2[O][Al])n1. The minimum Gasteiger partial charge on any atom is -0.639 e. The lowest BCUT2D eigenvalue weighted by Gasteiger charge is -2.12. The molecule has 21 heavy (non-hydrogen) atoms. The first-order valence-corrected chi connectivity index (χ1v) is 7.49. The standard InChI is InChI=1S/C16H17N3O.Al/c1-2-6-13-9-12-19(17-13)15-10-11-18(16(15)20)14-7-4-3-5-8-14;/h3-5,7-12,20H,2,6H2,1H3;/q;+1/p-1. The number of para-hydroxylation sites is 1. The maximum atomic E-state index is 5.51. The summed E-state index contributed by atoms with van der Waals surface area (Å²) in [6, 6.07) is 14.2. The molecule has 3 rings (SSSR count). The Labute approximate surface area is 132 Å². The van der Waals surface area contributed by atoms with E-state index in [0.717, 1.165) is 35.8 Å². The molecule has 0 amide bonds. The van der Waals surface area contributed by atoms with Crippen molar-refractivity contribution >= 4 is 16.6 Å². The van der Waals surface area contributed by atoms with Crippen LogP contribution in [0.2, 0.25) is 0 Å². The van der Waals surface area contributed by atoms with Gasteiger partial charge < -0.3 is 3.79 Å². The molecule has 0 aliphatic rings. The first-order chi connectivity index (χ1) is 10.3. The molecule has 1 aromatic carbocycles. The van der Waals surface area contributed by atoms with Gasteiger partial charge in [0.1, 0.15) is 5.69 Å². The number of hydrogen-bond donors (Lipinski definition) is 0. The quantitative estimate of drug-likeness (QED) is 0.677. The largest absolute Gasteiger partial charge is 0.639 e. The summed E-state index contributed by atoms with van der Waals surface area (Å²) >= 11 is 2.32. The van der Waals surface area contributed by atoms with Crippen LogP contribution < -0.4 is 3.79 Å². The molecule has 3 aromatic rings. The van der Waals surface area contributed by atoms with Crippen molar-refractivity contribution in [3.8, 4) is 17.3 Å². The van der Waals surface area contributed by atoms with Crippen LogP contribution in [0.1, 0.15) is 19.0 Å². The Kier molecular flexibility index (Phi) is 4.14. The van der Waals surface area contributed by atoms with Gasteiger partial charge in [0.25, 0.3) is 0 Å². The number of benzene rings is 1. The van der Waals surface area contributed by atoms with Gasteiger partial charge in [-0.3, -0.25) is 4.57 Å². The summed E-state index contributed by atoms with van der Waals surface area (Å²) in [6.45, 7) is 2.15. The molecule has 0 bridgehead atoms. The molecule has 5 heteroatoms. The van der Waals surface area contributed by atoms with Crippen LogP contribution in [-0.4, -0.2) is 31.0 Å². The summed E-state index contributed by atoms with van der Waals surface area (Å²) in [7, 11) is 0. The molecule has 0 spiro atoms. The Morgan fingerprint density at radius 1 is 1.10 bits per heavy atom. The summed E-state index contributed by atoms with van der Waals surface area (Å²) in [5.41, 5.74) is 3.08. The Morgan fingerprint density at radius 3 is 2.62 bits per heavy atom. The van der Waals surface area contributed by atoms with Crippen LogP contribution in [0.4, 0.5) is 0 Å². The van der Waals surface area contributed by atoms with Gasteiger partial charge in [-0.05, 0) is 30.7 Å². The molecular weight excluding hydrogens is 277 g/mol. The average Bonchev–Trinajstić information content (AvgIpc) is 3.14. The van der Waals surface area contributed by atoms with E-state index in [1.165, 1.54) is 0 Å². The topological polar surface area (TPSA) is 32.0 Å². The molecule has 0 aliphatic heterocycles. The minimum absolute atomic E-state index is 0.748. The monoisotopic (exact) mass is 293 g/mol. The van der Waals surface area contributed by atoms with Crippen LogP contribution in [-0.2, 0) is 6.42 Å². The summed E-state index contributed by atoms with van der Waals surface area (Å²) in [4.78, 5) is 0. The molecule has 104 valence electrons. The van der Waals surface area contributed by atoms with E-state index in [0.29, 0.717) is 0 Å². The van der Waals surface area contributed by atoms with E-state index in [2.05, 4.69) is 34.7 Å². The van der Waals surface area contributed by atoms with Crippen molar-refractivity contribution in [2.45, 2.75) is 19.8 Å². The highest BCUT2D eigenvalue weighted by molar-refractivity contribution is 6.00. The van der Waals surface area contributed by atoms with Crippen molar-refractivity contribution in [1.82, 2.24) is 14.3 Å². The predicted octanol–water partition coefficient (Wildman–Crippen LogP) is 3.08. The zero-order valence-corrected chi connectivity index (χ0v) is 13.1. The maximum absolute atomic E-state index is 5.51. The molecule has 0 aliphatic carbocycles.